The van der Waals surface area contributed by atoms with Gasteiger partial charge in [-0.1, -0.05) is 30.3 Å². The molecule has 0 radical (unpaired) electrons. The molecule has 1 aromatic carbocycles. The van der Waals surface area contributed by atoms with E-state index in [9.17, 15) is 9.59 Å². The van der Waals surface area contributed by atoms with Gasteiger partial charge in [0.1, 0.15) is 0 Å². The Morgan fingerprint density at radius 1 is 0.864 bits per heavy atom. The van der Waals surface area contributed by atoms with Gasteiger partial charge in [0, 0.05) is 12.5 Å². The molecule has 3 heterocycles. The molecular weight excluding hydrogens is 278 g/mol. The minimum absolute atomic E-state index is 0.112. The summed E-state index contributed by atoms with van der Waals surface area (Å²) < 4.78 is 4.91. The van der Waals surface area contributed by atoms with Crippen LogP contribution in [-0.2, 0) is 12.5 Å². The molecule has 4 saturated carbocycles. The van der Waals surface area contributed by atoms with Crippen LogP contribution in [0.4, 0.5) is 0 Å². The maximum Gasteiger partial charge on any atom is 0.347 e. The van der Waals surface area contributed by atoms with Gasteiger partial charge in [0.25, 0.3) is 0 Å². The molecule has 1 aromatic heterocycles. The Labute approximate surface area is 125 Å². The van der Waals surface area contributed by atoms with Crippen molar-refractivity contribution in [2.24, 2.45) is 36.6 Å². The molecular formula is C17H15N3O2. The zero-order chi connectivity index (χ0) is 14.5. The molecule has 8 rings (SSSR count). The van der Waals surface area contributed by atoms with Crippen LogP contribution >= 0.6 is 0 Å². The molecule has 5 heteroatoms. The van der Waals surface area contributed by atoms with Crippen LogP contribution in [0.5, 0.6) is 0 Å². The van der Waals surface area contributed by atoms with Gasteiger partial charge in [-0.25, -0.2) is 23.5 Å². The van der Waals surface area contributed by atoms with Crippen LogP contribution in [0, 0.1) is 29.6 Å². The summed E-state index contributed by atoms with van der Waals surface area (Å²) in [7, 11) is 1.61. The van der Waals surface area contributed by atoms with Crippen LogP contribution in [0.1, 0.15) is 17.6 Å². The average molecular weight is 293 g/mol. The second-order valence-electron chi connectivity index (χ2n) is 7.83. The van der Waals surface area contributed by atoms with E-state index in [1.807, 2.05) is 4.68 Å². The molecule has 4 unspecified atom stereocenters. The quantitative estimate of drug-likeness (QED) is 0.769. The number of aromatic nitrogens is 3. The predicted octanol–water partition coefficient (Wildman–Crippen LogP) is 0.518. The first-order valence-electron chi connectivity index (χ1n) is 8.16. The summed E-state index contributed by atoms with van der Waals surface area (Å²) in [5, 5.41) is 0. The largest absolute Gasteiger partial charge is 0.347 e. The molecule has 2 aromatic rings. The van der Waals surface area contributed by atoms with Gasteiger partial charge in [-0.05, 0) is 35.2 Å². The van der Waals surface area contributed by atoms with Gasteiger partial charge in [-0.2, -0.15) is 0 Å². The zero-order valence-corrected chi connectivity index (χ0v) is 12.1. The molecule has 4 atom stereocenters. The van der Waals surface area contributed by atoms with Crippen molar-refractivity contribution in [3.8, 4) is 0 Å². The van der Waals surface area contributed by atoms with Crippen LogP contribution in [0.25, 0.3) is 0 Å². The Morgan fingerprint density at radius 2 is 1.45 bits per heavy atom. The number of hydrogen-bond acceptors (Lipinski definition) is 2. The third kappa shape index (κ3) is 0.638. The molecule has 4 aliphatic carbocycles. The maximum atomic E-state index is 12.5. The summed E-state index contributed by atoms with van der Waals surface area (Å²) >= 11 is 0. The van der Waals surface area contributed by atoms with Crippen LogP contribution < -0.4 is 11.4 Å². The Balaban J connectivity index is 1.49. The van der Waals surface area contributed by atoms with Crippen molar-refractivity contribution in [3.63, 3.8) is 0 Å². The lowest BCUT2D eigenvalue weighted by Crippen LogP contribution is -2.98. The normalized spacial score (nSPS) is 50.1. The predicted molar refractivity (Wildman–Crippen MR) is 77.6 cm³/mol. The monoisotopic (exact) mass is 293 g/mol. The number of benzene rings is 1. The maximum absolute atomic E-state index is 12.5. The van der Waals surface area contributed by atoms with Crippen LogP contribution in [0.3, 0.4) is 0 Å². The summed E-state index contributed by atoms with van der Waals surface area (Å²) in [4.78, 5) is 24.8. The molecule has 2 bridgehead atoms. The number of rotatable bonds is 1. The molecule has 0 amide bonds. The fourth-order valence-corrected chi connectivity index (χ4v) is 7.54. The minimum atomic E-state index is -0.117. The van der Waals surface area contributed by atoms with Gasteiger partial charge in [0.2, 0.25) is 0 Å². The number of nitrogens with zero attached hydrogens (tertiary/aromatic N) is 3. The van der Waals surface area contributed by atoms with Crippen LogP contribution in [0.2, 0.25) is 0 Å². The van der Waals surface area contributed by atoms with Crippen LogP contribution in [0.15, 0.2) is 39.9 Å². The summed E-state index contributed by atoms with van der Waals surface area (Å²) in [5.41, 5.74) is 1.58. The zero-order valence-electron chi connectivity index (χ0n) is 12.1. The van der Waals surface area contributed by atoms with Crippen molar-refractivity contribution in [1.29, 1.82) is 0 Å². The first-order chi connectivity index (χ1) is 10.7. The minimum Gasteiger partial charge on any atom is -0.246 e. The lowest BCUT2D eigenvalue weighted by atomic mass is 9.09. The summed E-state index contributed by atoms with van der Waals surface area (Å²) in [6, 6.07) is 11.4. The van der Waals surface area contributed by atoms with E-state index in [4.69, 9.17) is 0 Å². The average Bonchev–Trinajstić information content (AvgIpc) is 2.73. The molecule has 5 nitrogen and oxygen atoms in total. The topological polar surface area (TPSA) is 48.9 Å². The van der Waals surface area contributed by atoms with Gasteiger partial charge in [0.15, 0.2) is 0 Å². The number of hydrogen-bond donors (Lipinski definition) is 0. The SMILES string of the molecule is Cn1c(=O)n2n(c1=O)C1C3C4C2C2C4C3(c3ccccc3)C21. The van der Waals surface area contributed by atoms with Gasteiger partial charge in [-0.3, -0.25) is 0 Å². The van der Waals surface area contributed by atoms with E-state index in [0.717, 1.165) is 5.92 Å². The van der Waals surface area contributed by atoms with Gasteiger partial charge in [0.05, 0.1) is 12.1 Å². The van der Waals surface area contributed by atoms with Crippen LogP contribution in [-0.4, -0.2) is 13.9 Å². The Hall–Kier alpha value is -2.04. The molecule has 22 heavy (non-hydrogen) atoms. The van der Waals surface area contributed by atoms with Crippen molar-refractivity contribution in [2.45, 2.75) is 17.5 Å². The van der Waals surface area contributed by atoms with Crippen molar-refractivity contribution in [3.05, 3.63) is 56.9 Å². The fourth-order valence-electron chi connectivity index (χ4n) is 7.54. The van der Waals surface area contributed by atoms with Crippen molar-refractivity contribution in [2.75, 3.05) is 0 Å². The second-order valence-corrected chi connectivity index (χ2v) is 7.83. The molecule has 2 aliphatic heterocycles. The van der Waals surface area contributed by atoms with E-state index in [-0.39, 0.29) is 17.4 Å². The van der Waals surface area contributed by atoms with Crippen molar-refractivity contribution in [1.82, 2.24) is 13.9 Å². The Kier molecular flexibility index (Phi) is 1.29. The van der Waals surface area contributed by atoms with Gasteiger partial charge in [-0.15, -0.1) is 0 Å². The highest BCUT2D eigenvalue weighted by atomic mass is 16.2. The van der Waals surface area contributed by atoms with E-state index in [2.05, 4.69) is 30.3 Å². The van der Waals surface area contributed by atoms with E-state index in [1.165, 1.54) is 10.1 Å². The second kappa shape index (κ2) is 2.66. The summed E-state index contributed by atoms with van der Waals surface area (Å²) in [6.45, 7) is 0. The smallest absolute Gasteiger partial charge is 0.246 e. The highest BCUT2D eigenvalue weighted by Crippen LogP contribution is 2.97. The Morgan fingerprint density at radius 3 is 2.09 bits per heavy atom. The highest BCUT2D eigenvalue weighted by Gasteiger charge is 2.97. The summed E-state index contributed by atoms with van der Waals surface area (Å²) in [6.07, 6.45) is 0. The molecule has 0 saturated heterocycles. The van der Waals surface area contributed by atoms with Crippen molar-refractivity contribution >= 4 is 0 Å². The molecule has 6 aliphatic rings. The van der Waals surface area contributed by atoms with Gasteiger partial charge < -0.3 is 0 Å². The lowest BCUT2D eigenvalue weighted by molar-refractivity contribution is -0.470. The Bertz CT molecular complexity index is 977. The standard InChI is InChI=1S/C17H15N3O2/c1-18-15(21)19-13-8-10-9(13)12-14(20(19)16(18)22)11(8)17(10,12)7-5-3-2-4-6-7/h2-6,8-14H,1H3. The summed E-state index contributed by atoms with van der Waals surface area (Å²) in [5.74, 6) is 3.21. The van der Waals surface area contributed by atoms with E-state index in [1.54, 1.807) is 11.7 Å². The van der Waals surface area contributed by atoms with E-state index in [0.29, 0.717) is 35.1 Å². The first kappa shape index (κ1) is 10.6. The van der Waals surface area contributed by atoms with Gasteiger partial charge >= 0.3 is 11.4 Å². The van der Waals surface area contributed by atoms with Crippen molar-refractivity contribution < 1.29 is 0 Å². The third-order valence-electron chi connectivity index (χ3n) is 7.87. The third-order valence-corrected chi connectivity index (χ3v) is 7.87. The molecule has 0 spiro atoms. The lowest BCUT2D eigenvalue weighted by Gasteiger charge is -2.97. The molecule has 4 fully saturated rings. The highest BCUT2D eigenvalue weighted by molar-refractivity contribution is 5.54. The van der Waals surface area contributed by atoms with E-state index >= 15 is 0 Å². The fraction of sp³-hybridized carbons (Fsp3) is 0.529. The molecule has 0 N–H and O–H groups in total. The van der Waals surface area contributed by atoms with E-state index < -0.39 is 0 Å². The first-order valence-corrected chi connectivity index (χ1v) is 8.16. The molecule has 110 valence electrons.